The summed E-state index contributed by atoms with van der Waals surface area (Å²) in [5.41, 5.74) is 3.54. The van der Waals surface area contributed by atoms with Gasteiger partial charge in [-0.1, -0.05) is 43.7 Å². The molecule has 3 aromatic rings. The van der Waals surface area contributed by atoms with Gasteiger partial charge in [-0.05, 0) is 55.2 Å². The first-order chi connectivity index (χ1) is 14.5. The molecule has 0 radical (unpaired) electrons. The Hall–Kier alpha value is -3.41. The van der Waals surface area contributed by atoms with E-state index >= 15 is 0 Å². The summed E-state index contributed by atoms with van der Waals surface area (Å²) in [7, 11) is 0. The summed E-state index contributed by atoms with van der Waals surface area (Å²) in [4.78, 5) is 24.8. The molecule has 2 aromatic carbocycles. The number of benzene rings is 2. The van der Waals surface area contributed by atoms with E-state index in [2.05, 4.69) is 34.8 Å². The molecule has 0 fully saturated rings. The highest BCUT2D eigenvalue weighted by molar-refractivity contribution is 5.96. The van der Waals surface area contributed by atoms with Crippen LogP contribution in [-0.4, -0.2) is 21.6 Å². The van der Waals surface area contributed by atoms with Crippen LogP contribution < -0.4 is 10.6 Å². The number of nitrogens with zero attached hydrogens (tertiary/aromatic N) is 2. The normalized spacial score (nSPS) is 11.7. The van der Waals surface area contributed by atoms with Gasteiger partial charge in [-0.2, -0.15) is 5.10 Å². The predicted molar refractivity (Wildman–Crippen MR) is 119 cm³/mol. The van der Waals surface area contributed by atoms with Crippen LogP contribution in [0.2, 0.25) is 0 Å². The third-order valence-corrected chi connectivity index (χ3v) is 4.92. The van der Waals surface area contributed by atoms with Crippen molar-refractivity contribution in [3.63, 3.8) is 0 Å². The van der Waals surface area contributed by atoms with Crippen molar-refractivity contribution in [3.8, 4) is 0 Å². The van der Waals surface area contributed by atoms with Crippen LogP contribution in [-0.2, 0) is 22.4 Å². The fourth-order valence-electron chi connectivity index (χ4n) is 3.15. The zero-order valence-corrected chi connectivity index (χ0v) is 17.5. The molecule has 1 heterocycles. The molecule has 0 aliphatic heterocycles. The molecule has 2 amide bonds. The summed E-state index contributed by atoms with van der Waals surface area (Å²) in [6.45, 7) is 3.96. The molecule has 0 aliphatic rings. The number of nitrogens with one attached hydrogen (secondary N) is 2. The molecule has 1 atom stereocenters. The van der Waals surface area contributed by atoms with E-state index in [9.17, 15) is 9.59 Å². The van der Waals surface area contributed by atoms with Gasteiger partial charge in [0.1, 0.15) is 6.04 Å². The molecule has 6 heteroatoms. The lowest BCUT2D eigenvalue weighted by Gasteiger charge is -2.13. The monoisotopic (exact) mass is 404 g/mol. The summed E-state index contributed by atoms with van der Waals surface area (Å²) < 4.78 is 1.59. The van der Waals surface area contributed by atoms with Gasteiger partial charge in [0.25, 0.3) is 0 Å². The zero-order valence-electron chi connectivity index (χ0n) is 17.5. The van der Waals surface area contributed by atoms with Crippen molar-refractivity contribution in [2.24, 2.45) is 0 Å². The maximum atomic E-state index is 12.4. The number of rotatable bonds is 9. The summed E-state index contributed by atoms with van der Waals surface area (Å²) in [6, 6.07) is 16.7. The summed E-state index contributed by atoms with van der Waals surface area (Å²) in [5.74, 6) is -0.268. The van der Waals surface area contributed by atoms with Crippen LogP contribution in [0, 0.1) is 0 Å². The lowest BCUT2D eigenvalue weighted by Crippen LogP contribution is -2.24. The van der Waals surface area contributed by atoms with E-state index in [1.54, 1.807) is 54.3 Å². The number of unbranched alkanes of at least 4 members (excludes halogenated alkanes) is 1. The van der Waals surface area contributed by atoms with Gasteiger partial charge in [0.2, 0.25) is 11.8 Å². The fourth-order valence-corrected chi connectivity index (χ4v) is 3.15. The van der Waals surface area contributed by atoms with Crippen LogP contribution in [0.25, 0.3) is 0 Å². The Morgan fingerprint density at radius 1 is 1.00 bits per heavy atom. The minimum Gasteiger partial charge on any atom is -0.326 e. The van der Waals surface area contributed by atoms with Crippen molar-refractivity contribution >= 4 is 23.2 Å². The third kappa shape index (κ3) is 6.04. The molecule has 2 N–H and O–H groups in total. The highest BCUT2D eigenvalue weighted by atomic mass is 16.2. The second-order valence-corrected chi connectivity index (χ2v) is 7.38. The fraction of sp³-hybridized carbons (Fsp3) is 0.292. The van der Waals surface area contributed by atoms with Gasteiger partial charge in [0.05, 0.1) is 6.42 Å². The number of anilines is 2. The van der Waals surface area contributed by atoms with Gasteiger partial charge in [-0.3, -0.25) is 14.3 Å². The molecule has 0 saturated carbocycles. The van der Waals surface area contributed by atoms with Crippen molar-refractivity contribution in [1.29, 1.82) is 0 Å². The number of carbonyl (C=O) groups is 2. The molecule has 156 valence electrons. The van der Waals surface area contributed by atoms with Gasteiger partial charge in [-0.15, -0.1) is 0 Å². The molecular weight excluding hydrogens is 376 g/mol. The van der Waals surface area contributed by atoms with Gasteiger partial charge in [0.15, 0.2) is 0 Å². The van der Waals surface area contributed by atoms with Gasteiger partial charge < -0.3 is 10.6 Å². The van der Waals surface area contributed by atoms with Crippen molar-refractivity contribution in [3.05, 3.63) is 78.1 Å². The second-order valence-electron chi connectivity index (χ2n) is 7.38. The number of amides is 2. The molecule has 30 heavy (non-hydrogen) atoms. The smallest absolute Gasteiger partial charge is 0.248 e. The third-order valence-electron chi connectivity index (χ3n) is 4.92. The Labute approximate surface area is 177 Å². The van der Waals surface area contributed by atoms with Crippen LogP contribution in [0.15, 0.2) is 67.0 Å². The quantitative estimate of drug-likeness (QED) is 0.547. The number of aryl methyl sites for hydroxylation is 1. The van der Waals surface area contributed by atoms with Gasteiger partial charge in [0, 0.05) is 23.8 Å². The lowest BCUT2D eigenvalue weighted by atomic mass is 10.0. The Bertz CT molecular complexity index is 965. The molecular formula is C24H28N4O2. The van der Waals surface area contributed by atoms with E-state index in [1.165, 1.54) is 18.4 Å². The van der Waals surface area contributed by atoms with E-state index in [1.807, 2.05) is 12.1 Å². The molecule has 0 bridgehead atoms. The summed E-state index contributed by atoms with van der Waals surface area (Å²) in [6.07, 6.45) is 7.11. The number of hydrogen-bond donors (Lipinski definition) is 2. The molecule has 3 rings (SSSR count). The van der Waals surface area contributed by atoms with Crippen molar-refractivity contribution in [2.75, 3.05) is 10.6 Å². The van der Waals surface area contributed by atoms with Gasteiger partial charge >= 0.3 is 0 Å². The average molecular weight is 405 g/mol. The summed E-state index contributed by atoms with van der Waals surface area (Å²) >= 11 is 0. The van der Waals surface area contributed by atoms with Crippen molar-refractivity contribution in [1.82, 2.24) is 9.78 Å². The first-order valence-electron chi connectivity index (χ1n) is 10.3. The number of aromatic nitrogens is 2. The second kappa shape index (κ2) is 10.4. The SMILES string of the molecule is CCCCc1ccc(CC(=O)Nc2cccc(NC(=O)C(C)n3cccn3)c2)cc1. The average Bonchev–Trinajstić information content (AvgIpc) is 3.27. The first kappa shape index (κ1) is 21.3. The van der Waals surface area contributed by atoms with E-state index in [0.717, 1.165) is 12.0 Å². The largest absolute Gasteiger partial charge is 0.326 e. The van der Waals surface area contributed by atoms with Crippen LogP contribution in [0.5, 0.6) is 0 Å². The Kier molecular flexibility index (Phi) is 7.38. The molecule has 6 nitrogen and oxygen atoms in total. The highest BCUT2D eigenvalue weighted by Gasteiger charge is 2.15. The van der Waals surface area contributed by atoms with Crippen LogP contribution in [0.4, 0.5) is 11.4 Å². The topological polar surface area (TPSA) is 76.0 Å². The van der Waals surface area contributed by atoms with Gasteiger partial charge in [-0.25, -0.2) is 0 Å². The zero-order chi connectivity index (χ0) is 21.3. The van der Waals surface area contributed by atoms with E-state index in [4.69, 9.17) is 0 Å². The van der Waals surface area contributed by atoms with Crippen molar-refractivity contribution < 1.29 is 9.59 Å². The van der Waals surface area contributed by atoms with E-state index < -0.39 is 6.04 Å². The molecule has 1 unspecified atom stereocenters. The number of hydrogen-bond acceptors (Lipinski definition) is 3. The van der Waals surface area contributed by atoms with Crippen LogP contribution in [0.1, 0.15) is 43.9 Å². The Morgan fingerprint density at radius 3 is 2.37 bits per heavy atom. The maximum Gasteiger partial charge on any atom is 0.248 e. The van der Waals surface area contributed by atoms with Crippen LogP contribution >= 0.6 is 0 Å². The predicted octanol–water partition coefficient (Wildman–Crippen LogP) is 4.61. The molecule has 0 spiro atoms. The maximum absolute atomic E-state index is 12.4. The lowest BCUT2D eigenvalue weighted by molar-refractivity contribution is -0.119. The first-order valence-corrected chi connectivity index (χ1v) is 10.3. The molecule has 0 aliphatic carbocycles. The molecule has 0 saturated heterocycles. The number of carbonyl (C=O) groups excluding carboxylic acids is 2. The molecule has 1 aromatic heterocycles. The van der Waals surface area contributed by atoms with E-state index in [0.29, 0.717) is 17.8 Å². The van der Waals surface area contributed by atoms with E-state index in [-0.39, 0.29) is 11.8 Å². The Morgan fingerprint density at radius 2 is 1.70 bits per heavy atom. The van der Waals surface area contributed by atoms with Crippen LogP contribution in [0.3, 0.4) is 0 Å². The summed E-state index contributed by atoms with van der Waals surface area (Å²) in [5, 5.41) is 9.86. The minimum absolute atomic E-state index is 0.0929. The standard InChI is InChI=1S/C24H28N4O2/c1-3-4-7-19-10-12-20(13-11-19)16-23(29)26-21-8-5-9-22(17-21)27-24(30)18(2)28-15-6-14-25-28/h5-6,8-15,17-18H,3-4,7,16H2,1-2H3,(H,26,29)(H,27,30). The highest BCUT2D eigenvalue weighted by Crippen LogP contribution is 2.17. The minimum atomic E-state index is -0.432. The van der Waals surface area contributed by atoms with Crippen molar-refractivity contribution in [2.45, 2.75) is 45.6 Å². The Balaban J connectivity index is 1.55.